The fourth-order valence-electron chi connectivity index (χ4n) is 4.02. The van der Waals surface area contributed by atoms with Crippen LogP contribution in [0.25, 0.3) is 0 Å². The van der Waals surface area contributed by atoms with Crippen molar-refractivity contribution < 1.29 is 12.9 Å². The fourth-order valence-corrected chi connectivity index (χ4v) is 5.44. The molecule has 0 spiro atoms. The van der Waals surface area contributed by atoms with Crippen LogP contribution >= 0.6 is 0 Å². The summed E-state index contributed by atoms with van der Waals surface area (Å²) in [5, 5.41) is 7.22. The molecule has 0 radical (unpaired) electrons. The van der Waals surface area contributed by atoms with Crippen molar-refractivity contribution >= 4 is 16.0 Å². The molecular weight excluding hydrogens is 380 g/mol. The summed E-state index contributed by atoms with van der Waals surface area (Å²) in [4.78, 5) is 9.08. The van der Waals surface area contributed by atoms with Crippen LogP contribution in [0.3, 0.4) is 0 Å². The van der Waals surface area contributed by atoms with Gasteiger partial charge in [0.25, 0.3) is 0 Å². The maximum Gasteiger partial charge on any atom is 0.220 e. The van der Waals surface area contributed by atoms with Crippen molar-refractivity contribution in [2.45, 2.75) is 38.0 Å². The zero-order valence-corrected chi connectivity index (χ0v) is 17.7. The number of piperazine rings is 1. The Morgan fingerprint density at radius 1 is 1.29 bits per heavy atom. The number of rotatable bonds is 6. The third-order valence-corrected chi connectivity index (χ3v) is 7.43. The van der Waals surface area contributed by atoms with Crippen molar-refractivity contribution in [2.24, 2.45) is 4.99 Å². The van der Waals surface area contributed by atoms with Gasteiger partial charge in [0.2, 0.25) is 10.0 Å². The Morgan fingerprint density at radius 2 is 2.07 bits per heavy atom. The van der Waals surface area contributed by atoms with E-state index >= 15 is 0 Å². The van der Waals surface area contributed by atoms with E-state index in [1.165, 1.54) is 36.4 Å². The van der Waals surface area contributed by atoms with Crippen LogP contribution < -0.4 is 5.32 Å². The van der Waals surface area contributed by atoms with Crippen molar-refractivity contribution in [1.29, 1.82) is 0 Å². The largest absolute Gasteiger partial charge is 0.364 e. The van der Waals surface area contributed by atoms with Gasteiger partial charge in [-0.2, -0.15) is 4.31 Å². The van der Waals surface area contributed by atoms with E-state index < -0.39 is 10.0 Å². The lowest BCUT2D eigenvalue weighted by molar-refractivity contribution is 0.156. The molecule has 1 unspecified atom stereocenters. The van der Waals surface area contributed by atoms with Gasteiger partial charge in [0.05, 0.1) is 5.69 Å². The van der Waals surface area contributed by atoms with Gasteiger partial charge in [-0.1, -0.05) is 18.5 Å². The smallest absolute Gasteiger partial charge is 0.220 e. The molecule has 3 heterocycles. The van der Waals surface area contributed by atoms with Crippen LogP contribution in [0.5, 0.6) is 0 Å². The van der Waals surface area contributed by atoms with Gasteiger partial charge in [0.1, 0.15) is 12.0 Å². The molecule has 1 aromatic rings. The van der Waals surface area contributed by atoms with E-state index in [4.69, 9.17) is 4.52 Å². The Bertz CT molecular complexity index is 729. The van der Waals surface area contributed by atoms with Gasteiger partial charge in [-0.3, -0.25) is 9.89 Å². The first-order valence-electron chi connectivity index (χ1n) is 10.1. The molecule has 0 amide bonds. The van der Waals surface area contributed by atoms with Gasteiger partial charge in [-0.15, -0.1) is 0 Å². The summed E-state index contributed by atoms with van der Waals surface area (Å²) in [6.07, 6.45) is 5.17. The van der Waals surface area contributed by atoms with Gasteiger partial charge in [-0.25, -0.2) is 8.42 Å². The number of nitrogens with zero attached hydrogens (tertiary/aromatic N) is 5. The Hall–Kier alpha value is -1.65. The number of likely N-dealkylation sites (tertiary alicyclic amines) is 1. The average molecular weight is 413 g/mol. The highest BCUT2D eigenvalue weighted by Gasteiger charge is 2.29. The maximum absolute atomic E-state index is 12.6. The predicted molar refractivity (Wildman–Crippen MR) is 109 cm³/mol. The van der Waals surface area contributed by atoms with E-state index in [-0.39, 0.29) is 5.75 Å². The van der Waals surface area contributed by atoms with Crippen LogP contribution in [0, 0.1) is 0 Å². The lowest BCUT2D eigenvalue weighted by Crippen LogP contribution is -2.55. The fraction of sp³-hybridized carbons (Fsp3) is 0.778. The summed E-state index contributed by atoms with van der Waals surface area (Å²) >= 11 is 0. The van der Waals surface area contributed by atoms with Gasteiger partial charge in [-0.05, 0) is 25.9 Å². The SMILES string of the molecule is CCN1CCCCC1CNC(=NC)N1CCN(S(=O)(=O)Cc2ccon2)CC1. The van der Waals surface area contributed by atoms with Crippen LogP contribution in [-0.2, 0) is 15.8 Å². The molecule has 2 saturated heterocycles. The van der Waals surface area contributed by atoms with Crippen LogP contribution in [0.1, 0.15) is 31.9 Å². The summed E-state index contributed by atoms with van der Waals surface area (Å²) in [5.74, 6) is 0.737. The summed E-state index contributed by atoms with van der Waals surface area (Å²) in [6, 6.07) is 2.13. The van der Waals surface area contributed by atoms with Crippen molar-refractivity contribution in [3.05, 3.63) is 18.0 Å². The third-order valence-electron chi connectivity index (χ3n) is 5.62. The molecule has 1 atom stereocenters. The second-order valence-corrected chi connectivity index (χ2v) is 9.31. The molecule has 158 valence electrons. The number of likely N-dealkylation sites (N-methyl/N-ethyl adjacent to an activating group) is 1. The first-order chi connectivity index (χ1) is 13.5. The second kappa shape index (κ2) is 9.71. The highest BCUT2D eigenvalue weighted by atomic mass is 32.2. The zero-order chi connectivity index (χ0) is 20.0. The Kier molecular flexibility index (Phi) is 7.30. The second-order valence-electron chi connectivity index (χ2n) is 7.34. The summed E-state index contributed by atoms with van der Waals surface area (Å²) in [5.41, 5.74) is 0.438. The van der Waals surface area contributed by atoms with Gasteiger partial charge in [0, 0.05) is 51.9 Å². The van der Waals surface area contributed by atoms with E-state index in [1.807, 2.05) is 0 Å². The molecule has 0 aliphatic carbocycles. The number of guanidine groups is 1. The van der Waals surface area contributed by atoms with Crippen LogP contribution in [-0.4, -0.2) is 92.5 Å². The minimum atomic E-state index is -3.39. The zero-order valence-electron chi connectivity index (χ0n) is 16.9. The van der Waals surface area contributed by atoms with E-state index in [0.29, 0.717) is 37.9 Å². The summed E-state index contributed by atoms with van der Waals surface area (Å²) in [6.45, 7) is 7.49. The molecule has 28 heavy (non-hydrogen) atoms. The number of aliphatic imine (C=N–C) groups is 1. The average Bonchev–Trinajstić information content (AvgIpc) is 3.21. The number of sulfonamides is 1. The minimum absolute atomic E-state index is 0.120. The number of hydrogen-bond donors (Lipinski definition) is 1. The van der Waals surface area contributed by atoms with Crippen molar-refractivity contribution in [2.75, 3.05) is 52.9 Å². The molecule has 0 bridgehead atoms. The maximum atomic E-state index is 12.6. The standard InChI is InChI=1S/C18H32N6O3S/c1-3-22-8-5-4-6-17(22)14-20-18(19-2)23-9-11-24(12-10-23)28(25,26)15-16-7-13-27-21-16/h7,13,17H,3-6,8-12,14-15H2,1-2H3,(H,19,20). The Morgan fingerprint density at radius 3 is 2.71 bits per heavy atom. The molecule has 2 aliphatic rings. The third kappa shape index (κ3) is 5.24. The molecule has 1 N–H and O–H groups in total. The molecule has 0 saturated carbocycles. The van der Waals surface area contributed by atoms with Gasteiger partial charge in [0.15, 0.2) is 5.96 Å². The number of piperidine rings is 1. The molecule has 2 aliphatic heterocycles. The first-order valence-corrected chi connectivity index (χ1v) is 11.7. The molecule has 3 rings (SSSR count). The highest BCUT2D eigenvalue weighted by molar-refractivity contribution is 7.88. The van der Waals surface area contributed by atoms with Crippen LogP contribution in [0.4, 0.5) is 0 Å². The molecule has 9 nitrogen and oxygen atoms in total. The van der Waals surface area contributed by atoms with E-state index in [9.17, 15) is 8.42 Å². The molecule has 1 aromatic heterocycles. The normalized spacial score (nSPS) is 23.1. The highest BCUT2D eigenvalue weighted by Crippen LogP contribution is 2.16. The quantitative estimate of drug-likeness (QED) is 0.539. The Labute approximate surface area is 167 Å². The molecule has 10 heteroatoms. The number of hydrogen-bond acceptors (Lipinski definition) is 6. The molecule has 2 fully saturated rings. The minimum Gasteiger partial charge on any atom is -0.364 e. The molecular formula is C18H32N6O3S. The van der Waals surface area contributed by atoms with E-state index in [2.05, 4.69) is 32.2 Å². The van der Waals surface area contributed by atoms with Gasteiger partial charge < -0.3 is 14.7 Å². The Balaban J connectivity index is 1.50. The van der Waals surface area contributed by atoms with Crippen LogP contribution in [0.15, 0.2) is 21.8 Å². The topological polar surface area (TPSA) is 94.3 Å². The van der Waals surface area contributed by atoms with E-state index in [0.717, 1.165) is 19.0 Å². The van der Waals surface area contributed by atoms with E-state index in [1.54, 1.807) is 13.1 Å². The first kappa shape index (κ1) is 21.1. The summed E-state index contributed by atoms with van der Waals surface area (Å²) in [7, 11) is -1.60. The number of nitrogens with one attached hydrogen (secondary N) is 1. The predicted octanol–water partition coefficient (Wildman–Crippen LogP) is 0.572. The monoisotopic (exact) mass is 412 g/mol. The molecule has 0 aromatic carbocycles. The number of aromatic nitrogens is 1. The lowest BCUT2D eigenvalue weighted by Gasteiger charge is -2.38. The van der Waals surface area contributed by atoms with Crippen molar-refractivity contribution in [1.82, 2.24) is 24.6 Å². The van der Waals surface area contributed by atoms with Crippen molar-refractivity contribution in [3.63, 3.8) is 0 Å². The van der Waals surface area contributed by atoms with Gasteiger partial charge >= 0.3 is 0 Å². The van der Waals surface area contributed by atoms with Crippen molar-refractivity contribution in [3.8, 4) is 0 Å². The van der Waals surface area contributed by atoms with Crippen LogP contribution in [0.2, 0.25) is 0 Å². The summed E-state index contributed by atoms with van der Waals surface area (Å²) < 4.78 is 31.4. The lowest BCUT2D eigenvalue weighted by atomic mass is 10.0.